The number of aromatic nitrogens is 2. The summed E-state index contributed by atoms with van der Waals surface area (Å²) < 4.78 is 63.8. The zero-order chi connectivity index (χ0) is 27.7. The summed E-state index contributed by atoms with van der Waals surface area (Å²) in [5.74, 6) is -1.77. The second kappa shape index (κ2) is 11.4. The van der Waals surface area contributed by atoms with Gasteiger partial charge in [-0.1, -0.05) is 24.6 Å². The monoisotopic (exact) mass is 555 g/mol. The minimum absolute atomic E-state index is 0.0328. The van der Waals surface area contributed by atoms with Gasteiger partial charge in [0.25, 0.3) is 5.92 Å². The Morgan fingerprint density at radius 2 is 1.82 bits per heavy atom. The molecule has 1 aromatic heterocycles. The van der Waals surface area contributed by atoms with Crippen molar-refractivity contribution in [1.82, 2.24) is 10.2 Å². The quantitative estimate of drug-likeness (QED) is 0.352. The van der Waals surface area contributed by atoms with E-state index >= 15 is 13.2 Å². The second-order valence-corrected chi connectivity index (χ2v) is 11.5. The van der Waals surface area contributed by atoms with Gasteiger partial charge in [-0.2, -0.15) is 0 Å². The fourth-order valence-corrected chi connectivity index (χ4v) is 6.21. The Morgan fingerprint density at radius 1 is 0.975 bits per heavy atom. The molecular formula is C31H36F3N3O3. The standard InChI is InChI=1S/C31H36F3N3O3/c1-19-24-6-4-7-27(28(24)32)31(33,34)12-10-21-15-20(16-21)5-2-3-13-39-30-25-9-8-22(40-23-11-14-38-18-23)17-26(25)29(35-19)36-37-30/h4,6-9,17,19-21,23H,2-3,5,10-16,18H2,1H3,(H,35,36)/t19-,20?,21?,23?/m1/s1. The number of benzene rings is 2. The molecule has 0 spiro atoms. The molecule has 214 valence electrons. The predicted molar refractivity (Wildman–Crippen MR) is 147 cm³/mol. The molecule has 6 bridgehead atoms. The molecule has 0 amide bonds. The van der Waals surface area contributed by atoms with Crippen LogP contribution in [0.15, 0.2) is 36.4 Å². The summed E-state index contributed by atoms with van der Waals surface area (Å²) in [5.41, 5.74) is -0.390. The Kier molecular flexibility index (Phi) is 7.75. The Balaban J connectivity index is 1.35. The minimum atomic E-state index is -3.23. The molecule has 5 aliphatic heterocycles. The topological polar surface area (TPSA) is 65.5 Å². The lowest BCUT2D eigenvalue weighted by molar-refractivity contribution is -0.0288. The van der Waals surface area contributed by atoms with Crippen molar-refractivity contribution < 1.29 is 27.4 Å². The maximum Gasteiger partial charge on any atom is 0.276 e. The molecule has 40 heavy (non-hydrogen) atoms. The van der Waals surface area contributed by atoms with Crippen molar-refractivity contribution in [3.05, 3.63) is 53.3 Å². The van der Waals surface area contributed by atoms with E-state index in [1.807, 2.05) is 18.2 Å². The Labute approximate surface area is 232 Å². The highest BCUT2D eigenvalue weighted by Crippen LogP contribution is 2.44. The molecule has 1 saturated heterocycles. The van der Waals surface area contributed by atoms with Gasteiger partial charge in [-0.3, -0.25) is 0 Å². The number of ether oxygens (including phenoxy) is 3. The van der Waals surface area contributed by atoms with E-state index in [4.69, 9.17) is 14.2 Å². The van der Waals surface area contributed by atoms with Crippen LogP contribution in [-0.2, 0) is 10.7 Å². The van der Waals surface area contributed by atoms with Crippen molar-refractivity contribution in [2.24, 2.45) is 11.8 Å². The van der Waals surface area contributed by atoms with Gasteiger partial charge >= 0.3 is 0 Å². The van der Waals surface area contributed by atoms with Crippen molar-refractivity contribution in [3.63, 3.8) is 0 Å². The van der Waals surface area contributed by atoms with Crippen LogP contribution in [0.2, 0.25) is 0 Å². The summed E-state index contributed by atoms with van der Waals surface area (Å²) >= 11 is 0. The molecule has 1 saturated carbocycles. The number of halogens is 3. The molecule has 6 nitrogen and oxygen atoms in total. The van der Waals surface area contributed by atoms with Gasteiger partial charge < -0.3 is 19.5 Å². The minimum Gasteiger partial charge on any atom is -0.488 e. The summed E-state index contributed by atoms with van der Waals surface area (Å²) in [7, 11) is 0. The van der Waals surface area contributed by atoms with Crippen LogP contribution in [0.1, 0.15) is 75.5 Å². The van der Waals surface area contributed by atoms with Gasteiger partial charge in [-0.05, 0) is 69.1 Å². The maximum absolute atomic E-state index is 15.6. The molecule has 6 aliphatic rings. The molecular weight excluding hydrogens is 519 g/mol. The SMILES string of the molecule is C[C@H]1Nc2nnc(c3ccc(OC4CCOC4)cc23)OCCCCC2CC(CCC(F)(F)c3cccc1c3F)C2. The lowest BCUT2D eigenvalue weighted by atomic mass is 9.70. The highest BCUT2D eigenvalue weighted by molar-refractivity contribution is 5.95. The molecule has 9 rings (SSSR count). The molecule has 1 N–H and O–H groups in total. The summed E-state index contributed by atoms with van der Waals surface area (Å²) in [6, 6.07) is 9.23. The molecule has 1 unspecified atom stereocenters. The lowest BCUT2D eigenvalue weighted by Crippen LogP contribution is -2.26. The molecule has 2 aromatic carbocycles. The van der Waals surface area contributed by atoms with Crippen molar-refractivity contribution in [3.8, 4) is 11.6 Å². The zero-order valence-corrected chi connectivity index (χ0v) is 22.8. The molecule has 2 fully saturated rings. The summed E-state index contributed by atoms with van der Waals surface area (Å²) in [4.78, 5) is 0. The van der Waals surface area contributed by atoms with Crippen LogP contribution in [0.25, 0.3) is 10.8 Å². The van der Waals surface area contributed by atoms with Gasteiger partial charge in [-0.25, -0.2) is 13.2 Å². The highest BCUT2D eigenvalue weighted by Gasteiger charge is 2.38. The van der Waals surface area contributed by atoms with E-state index in [2.05, 4.69) is 15.5 Å². The van der Waals surface area contributed by atoms with Gasteiger partial charge in [-0.15, -0.1) is 10.2 Å². The maximum atomic E-state index is 15.6. The third kappa shape index (κ3) is 5.71. The van der Waals surface area contributed by atoms with Crippen LogP contribution >= 0.6 is 0 Å². The average molecular weight is 556 g/mol. The van der Waals surface area contributed by atoms with E-state index in [9.17, 15) is 0 Å². The third-order valence-electron chi connectivity index (χ3n) is 8.60. The highest BCUT2D eigenvalue weighted by atomic mass is 19.3. The van der Waals surface area contributed by atoms with Gasteiger partial charge in [0.15, 0.2) is 5.82 Å². The Morgan fingerprint density at radius 3 is 2.65 bits per heavy atom. The molecule has 1 aliphatic carbocycles. The molecule has 0 radical (unpaired) electrons. The number of rotatable bonds is 2. The van der Waals surface area contributed by atoms with E-state index in [0.29, 0.717) is 60.9 Å². The Bertz CT molecular complexity index is 1340. The second-order valence-electron chi connectivity index (χ2n) is 11.5. The Hall–Kier alpha value is -3.07. The summed E-state index contributed by atoms with van der Waals surface area (Å²) in [6.07, 6.45) is 5.74. The third-order valence-corrected chi connectivity index (χ3v) is 8.60. The summed E-state index contributed by atoms with van der Waals surface area (Å²) in [5, 5.41) is 13.4. The van der Waals surface area contributed by atoms with Crippen LogP contribution in [-0.4, -0.2) is 36.1 Å². The lowest BCUT2D eigenvalue weighted by Gasteiger charge is -2.36. The largest absolute Gasteiger partial charge is 0.488 e. The van der Waals surface area contributed by atoms with Gasteiger partial charge in [0.2, 0.25) is 5.88 Å². The summed E-state index contributed by atoms with van der Waals surface area (Å²) in [6.45, 7) is 3.45. The first-order chi connectivity index (χ1) is 19.4. The van der Waals surface area contributed by atoms with Crippen LogP contribution < -0.4 is 14.8 Å². The van der Waals surface area contributed by atoms with Gasteiger partial charge in [0, 0.05) is 29.2 Å². The number of hydrogen-bond acceptors (Lipinski definition) is 6. The fraction of sp³-hybridized carbons (Fsp3) is 0.548. The van der Waals surface area contributed by atoms with Gasteiger partial charge in [0.05, 0.1) is 31.4 Å². The number of anilines is 1. The molecule has 3 aromatic rings. The van der Waals surface area contributed by atoms with Crippen molar-refractivity contribution in [1.29, 1.82) is 0 Å². The first-order valence-corrected chi connectivity index (χ1v) is 14.5. The fourth-order valence-electron chi connectivity index (χ4n) is 6.21. The van der Waals surface area contributed by atoms with Crippen molar-refractivity contribution >= 4 is 16.6 Å². The van der Waals surface area contributed by atoms with Crippen molar-refractivity contribution in [2.75, 3.05) is 25.1 Å². The van der Waals surface area contributed by atoms with E-state index < -0.39 is 23.3 Å². The zero-order valence-electron chi connectivity index (χ0n) is 22.8. The number of alkyl halides is 2. The van der Waals surface area contributed by atoms with E-state index in [0.717, 1.165) is 43.9 Å². The van der Waals surface area contributed by atoms with Crippen molar-refractivity contribution in [2.45, 2.75) is 76.4 Å². The van der Waals surface area contributed by atoms with Gasteiger partial charge in [0.1, 0.15) is 17.7 Å². The van der Waals surface area contributed by atoms with E-state index in [1.165, 1.54) is 18.2 Å². The van der Waals surface area contributed by atoms with Crippen LogP contribution in [0.4, 0.5) is 19.0 Å². The molecule has 9 heteroatoms. The predicted octanol–water partition coefficient (Wildman–Crippen LogP) is 7.57. The average Bonchev–Trinajstić information content (AvgIpc) is 3.42. The molecule has 6 heterocycles. The van der Waals surface area contributed by atoms with Crippen LogP contribution in [0.5, 0.6) is 11.6 Å². The van der Waals surface area contributed by atoms with Crippen LogP contribution in [0, 0.1) is 17.7 Å². The number of nitrogens with zero attached hydrogens (tertiary/aromatic N) is 2. The first-order valence-electron chi connectivity index (χ1n) is 14.5. The van der Waals surface area contributed by atoms with Crippen LogP contribution in [0.3, 0.4) is 0 Å². The number of hydrogen-bond donors (Lipinski definition) is 1. The van der Waals surface area contributed by atoms with E-state index in [-0.39, 0.29) is 18.1 Å². The normalized spacial score (nSPS) is 26.9. The first kappa shape index (κ1) is 27.1. The molecule has 2 atom stereocenters. The number of nitrogens with one attached hydrogen (secondary N) is 1. The van der Waals surface area contributed by atoms with E-state index in [1.54, 1.807) is 6.92 Å². The smallest absolute Gasteiger partial charge is 0.276 e.